The number of nitro benzene ring substituents is 1. The Balaban J connectivity index is 2.04. The van der Waals surface area contributed by atoms with Crippen LogP contribution in [0.15, 0.2) is 48.0 Å². The lowest BCUT2D eigenvalue weighted by Gasteiger charge is -2.22. The Morgan fingerprint density at radius 1 is 0.895 bits per heavy atom. The molecule has 3 aromatic rings. The number of hydrogen-bond donors (Lipinski definition) is 3. The molecule has 10 heteroatoms. The summed E-state index contributed by atoms with van der Waals surface area (Å²) in [5.41, 5.74) is 3.33. The lowest BCUT2D eigenvalue weighted by Crippen LogP contribution is -2.08. The topological polar surface area (TPSA) is 149 Å². The molecule has 0 aliphatic heterocycles. The van der Waals surface area contributed by atoms with Crippen molar-refractivity contribution in [1.82, 2.24) is 0 Å². The number of fused-ring (bicyclic) bond motifs is 1. The lowest BCUT2D eigenvalue weighted by atomic mass is 9.85. The fourth-order valence-electron chi connectivity index (χ4n) is 4.95. The first-order valence-corrected chi connectivity index (χ1v) is 11.6. The van der Waals surface area contributed by atoms with Gasteiger partial charge < -0.3 is 29.5 Å². The first-order chi connectivity index (χ1) is 18.3. The van der Waals surface area contributed by atoms with Crippen molar-refractivity contribution < 1.29 is 39.2 Å². The molecular weight excluding hydrogens is 494 g/mol. The van der Waals surface area contributed by atoms with Crippen LogP contribution in [-0.2, 0) is 19.8 Å². The maximum Gasteiger partial charge on any atom is 0.269 e. The van der Waals surface area contributed by atoms with E-state index in [-0.39, 0.29) is 23.8 Å². The van der Waals surface area contributed by atoms with Gasteiger partial charge in [0.05, 0.1) is 46.1 Å². The SMILES string of the molecule is COc1cc(C2/C(=C/c3ccc([N+](=O)[O-])cc3)C(=O)c3cc(CO)c(CO)c(OC)c32)cc(CO)c1OC. The third kappa shape index (κ3) is 4.49. The molecule has 4 rings (SSSR count). The Labute approximate surface area is 218 Å². The molecule has 0 fully saturated rings. The van der Waals surface area contributed by atoms with E-state index < -0.39 is 24.1 Å². The molecule has 3 aromatic carbocycles. The summed E-state index contributed by atoms with van der Waals surface area (Å²) in [4.78, 5) is 24.4. The second-order valence-corrected chi connectivity index (χ2v) is 8.61. The Hall–Kier alpha value is -4.25. The number of hydrogen-bond acceptors (Lipinski definition) is 9. The van der Waals surface area contributed by atoms with Crippen molar-refractivity contribution in [2.75, 3.05) is 21.3 Å². The molecule has 38 heavy (non-hydrogen) atoms. The van der Waals surface area contributed by atoms with E-state index in [9.17, 15) is 30.2 Å². The highest BCUT2D eigenvalue weighted by atomic mass is 16.6. The number of carbonyl (C=O) groups excluding carboxylic acids is 1. The minimum absolute atomic E-state index is 0.0842. The molecule has 10 nitrogen and oxygen atoms in total. The van der Waals surface area contributed by atoms with E-state index in [0.29, 0.717) is 56.0 Å². The van der Waals surface area contributed by atoms with Crippen molar-refractivity contribution in [2.45, 2.75) is 25.7 Å². The number of methoxy groups -OCH3 is 3. The van der Waals surface area contributed by atoms with Crippen molar-refractivity contribution >= 4 is 17.5 Å². The zero-order valence-electron chi connectivity index (χ0n) is 21.1. The molecule has 0 saturated heterocycles. The molecule has 0 spiro atoms. The Morgan fingerprint density at radius 3 is 2.08 bits per heavy atom. The van der Waals surface area contributed by atoms with Crippen LogP contribution >= 0.6 is 0 Å². The van der Waals surface area contributed by atoms with Gasteiger partial charge in [-0.25, -0.2) is 0 Å². The van der Waals surface area contributed by atoms with E-state index >= 15 is 0 Å². The van der Waals surface area contributed by atoms with E-state index in [1.807, 2.05) is 0 Å². The number of nitro groups is 1. The van der Waals surface area contributed by atoms with Gasteiger partial charge in [-0.1, -0.05) is 0 Å². The van der Waals surface area contributed by atoms with Gasteiger partial charge in [-0.3, -0.25) is 14.9 Å². The molecule has 0 radical (unpaired) electrons. The van der Waals surface area contributed by atoms with E-state index in [2.05, 4.69) is 0 Å². The van der Waals surface area contributed by atoms with Crippen LogP contribution in [0.3, 0.4) is 0 Å². The molecule has 1 atom stereocenters. The van der Waals surface area contributed by atoms with Crippen LogP contribution in [0.4, 0.5) is 5.69 Å². The molecule has 1 aliphatic rings. The highest BCUT2D eigenvalue weighted by molar-refractivity contribution is 6.18. The van der Waals surface area contributed by atoms with E-state index in [1.54, 1.807) is 36.4 Å². The fraction of sp³-hybridized carbons (Fsp3) is 0.250. The molecule has 0 bridgehead atoms. The number of ketones is 1. The highest BCUT2D eigenvalue weighted by Crippen LogP contribution is 2.51. The van der Waals surface area contributed by atoms with Crippen LogP contribution in [0.5, 0.6) is 17.2 Å². The number of benzene rings is 3. The number of ether oxygens (including phenoxy) is 3. The molecule has 3 N–H and O–H groups in total. The maximum atomic E-state index is 13.8. The van der Waals surface area contributed by atoms with E-state index in [4.69, 9.17) is 14.2 Å². The van der Waals surface area contributed by atoms with Gasteiger partial charge in [0.1, 0.15) is 5.75 Å². The van der Waals surface area contributed by atoms with Crippen molar-refractivity contribution in [3.63, 3.8) is 0 Å². The summed E-state index contributed by atoms with van der Waals surface area (Å²) in [5.74, 6) is -0.0902. The molecule has 0 amide bonds. The average molecular weight is 522 g/mol. The number of non-ortho nitro benzene ring substituents is 1. The summed E-state index contributed by atoms with van der Waals surface area (Å²) in [6.45, 7) is -1.20. The smallest absolute Gasteiger partial charge is 0.269 e. The number of aliphatic hydroxyl groups is 3. The molecule has 198 valence electrons. The zero-order valence-corrected chi connectivity index (χ0v) is 21.1. The Morgan fingerprint density at radius 2 is 1.55 bits per heavy atom. The van der Waals surface area contributed by atoms with Gasteiger partial charge in [0, 0.05) is 45.9 Å². The largest absolute Gasteiger partial charge is 0.496 e. The second kappa shape index (κ2) is 11.0. The highest BCUT2D eigenvalue weighted by Gasteiger charge is 2.40. The summed E-state index contributed by atoms with van der Waals surface area (Å²) in [7, 11) is 4.34. The van der Waals surface area contributed by atoms with Gasteiger partial charge >= 0.3 is 0 Å². The summed E-state index contributed by atoms with van der Waals surface area (Å²) in [5, 5.41) is 41.2. The summed E-state index contributed by atoms with van der Waals surface area (Å²) in [6, 6.07) is 10.7. The van der Waals surface area contributed by atoms with Gasteiger partial charge in [-0.05, 0) is 53.1 Å². The second-order valence-electron chi connectivity index (χ2n) is 8.61. The Bertz CT molecular complexity index is 1400. The monoisotopic (exact) mass is 521 g/mol. The first-order valence-electron chi connectivity index (χ1n) is 11.6. The van der Waals surface area contributed by atoms with Crippen molar-refractivity contribution in [1.29, 1.82) is 0 Å². The van der Waals surface area contributed by atoms with Crippen molar-refractivity contribution in [3.8, 4) is 17.2 Å². The van der Waals surface area contributed by atoms with Crippen LogP contribution in [-0.4, -0.2) is 47.4 Å². The molecule has 0 aromatic heterocycles. The predicted molar refractivity (Wildman–Crippen MR) is 138 cm³/mol. The van der Waals surface area contributed by atoms with Crippen LogP contribution in [0.25, 0.3) is 6.08 Å². The average Bonchev–Trinajstić information content (AvgIpc) is 3.21. The molecule has 0 saturated carbocycles. The number of nitrogens with zero attached hydrogens (tertiary/aromatic N) is 1. The van der Waals surface area contributed by atoms with Crippen molar-refractivity contribution in [3.05, 3.63) is 97.1 Å². The zero-order chi connectivity index (χ0) is 27.6. The third-order valence-corrected chi connectivity index (χ3v) is 6.66. The number of allylic oxidation sites excluding steroid dienone is 1. The normalized spacial score (nSPS) is 15.5. The number of Topliss-reactive ketones (excluding diaryl/α,β-unsaturated/α-hetero) is 1. The standard InChI is InChI=1S/C28H27NO9/c1-36-23-11-16(9-18(13-31)27(23)37-2)24-20(8-15-4-6-19(7-5-15)29(34)35)26(33)21-10-17(12-30)22(14-32)28(38-3)25(21)24/h4-11,24,30-32H,12-14H2,1-3H3/b20-8-. The first kappa shape index (κ1) is 26.8. The molecule has 0 heterocycles. The van der Waals surface area contributed by atoms with Crippen LogP contribution < -0.4 is 14.2 Å². The van der Waals surface area contributed by atoms with Crippen LogP contribution in [0.1, 0.15) is 49.7 Å². The van der Waals surface area contributed by atoms with Gasteiger partial charge in [-0.2, -0.15) is 0 Å². The van der Waals surface area contributed by atoms with E-state index in [1.165, 1.54) is 33.5 Å². The molecule has 1 aliphatic carbocycles. The maximum absolute atomic E-state index is 13.8. The third-order valence-electron chi connectivity index (χ3n) is 6.66. The van der Waals surface area contributed by atoms with Gasteiger partial charge in [-0.15, -0.1) is 0 Å². The minimum Gasteiger partial charge on any atom is -0.496 e. The van der Waals surface area contributed by atoms with Crippen molar-refractivity contribution in [2.24, 2.45) is 0 Å². The minimum atomic E-state index is -0.717. The molecule has 1 unspecified atom stereocenters. The number of rotatable bonds is 9. The van der Waals surface area contributed by atoms with Gasteiger partial charge in [0.25, 0.3) is 5.69 Å². The fourth-order valence-corrected chi connectivity index (χ4v) is 4.95. The number of carbonyl (C=O) groups is 1. The summed E-state index contributed by atoms with van der Waals surface area (Å²) >= 11 is 0. The predicted octanol–water partition coefficient (Wildman–Crippen LogP) is 3.51. The quantitative estimate of drug-likeness (QED) is 0.218. The Kier molecular flexibility index (Phi) is 7.77. The lowest BCUT2D eigenvalue weighted by molar-refractivity contribution is -0.384. The molecular formula is C28H27NO9. The van der Waals surface area contributed by atoms with Gasteiger partial charge in [0.15, 0.2) is 17.3 Å². The number of aliphatic hydroxyl groups excluding tert-OH is 3. The van der Waals surface area contributed by atoms with E-state index in [0.717, 1.165) is 0 Å². The van der Waals surface area contributed by atoms with Crippen LogP contribution in [0.2, 0.25) is 0 Å². The summed E-state index contributed by atoms with van der Waals surface area (Å²) < 4.78 is 16.6. The van der Waals surface area contributed by atoms with Crippen LogP contribution in [0, 0.1) is 10.1 Å². The summed E-state index contributed by atoms with van der Waals surface area (Å²) in [6.07, 6.45) is 1.64. The van der Waals surface area contributed by atoms with Gasteiger partial charge in [0.2, 0.25) is 0 Å².